The smallest absolute Gasteiger partial charge is 0.161 e. The second-order valence-corrected chi connectivity index (χ2v) is 3.81. The minimum atomic E-state index is 0.0849. The summed E-state index contributed by atoms with van der Waals surface area (Å²) < 4.78 is 0. The lowest BCUT2D eigenvalue weighted by atomic mass is 10.2. The van der Waals surface area contributed by atoms with Crippen LogP contribution in [0.1, 0.15) is 17.8 Å². The first-order valence-corrected chi connectivity index (χ1v) is 4.86. The summed E-state index contributed by atoms with van der Waals surface area (Å²) in [6.45, 7) is 1.97. The Morgan fingerprint density at radius 2 is 2.46 bits per heavy atom. The fraction of sp³-hybridized carbons (Fsp3) is 0.250. The van der Waals surface area contributed by atoms with Gasteiger partial charge in [0, 0.05) is 21.9 Å². The third-order valence-corrected chi connectivity index (χ3v) is 2.89. The molecule has 4 nitrogen and oxygen atoms in total. The van der Waals surface area contributed by atoms with Gasteiger partial charge in [-0.15, -0.1) is 21.5 Å². The van der Waals surface area contributed by atoms with Crippen molar-refractivity contribution in [3.8, 4) is 11.4 Å². The molecule has 68 valence electrons. The van der Waals surface area contributed by atoms with Crippen LogP contribution >= 0.6 is 11.3 Å². The van der Waals surface area contributed by atoms with Crippen molar-refractivity contribution in [3.05, 3.63) is 22.7 Å². The minimum Gasteiger partial charge on any atom is -0.328 e. The number of hydrogen-bond acceptors (Lipinski definition) is 4. The Hall–Kier alpha value is -1.20. The Bertz CT molecular complexity index is 377. The van der Waals surface area contributed by atoms with Gasteiger partial charge in [0.25, 0.3) is 0 Å². The standard InChI is InChI=1S/C8H10N4S/c1-5(9)7-2-6(3-13-7)8-10-4-11-12-8/h2-5H,9H2,1H3,(H,10,11,12)/t5-/m1/s1. The average Bonchev–Trinajstić information content (AvgIpc) is 2.75. The molecule has 0 unspecified atom stereocenters. The summed E-state index contributed by atoms with van der Waals surface area (Å²) in [5.74, 6) is 0.795. The van der Waals surface area contributed by atoms with E-state index in [1.165, 1.54) is 0 Å². The second kappa shape index (κ2) is 3.27. The number of aromatic nitrogens is 3. The SMILES string of the molecule is C[C@@H](N)c1cc(-c2nnc[nH]2)cs1. The lowest BCUT2D eigenvalue weighted by Gasteiger charge is -1.97. The lowest BCUT2D eigenvalue weighted by Crippen LogP contribution is -2.01. The molecule has 0 saturated carbocycles. The molecule has 0 aliphatic carbocycles. The fourth-order valence-electron chi connectivity index (χ4n) is 1.06. The van der Waals surface area contributed by atoms with Gasteiger partial charge in [-0.05, 0) is 13.0 Å². The molecule has 2 aromatic heterocycles. The number of nitrogens with two attached hydrogens (primary N) is 1. The highest BCUT2D eigenvalue weighted by Gasteiger charge is 2.06. The summed E-state index contributed by atoms with van der Waals surface area (Å²) >= 11 is 1.64. The fourth-order valence-corrected chi connectivity index (χ4v) is 1.91. The molecule has 0 radical (unpaired) electrons. The third kappa shape index (κ3) is 1.61. The number of rotatable bonds is 2. The maximum atomic E-state index is 5.74. The van der Waals surface area contributed by atoms with Crippen LogP contribution in [0.5, 0.6) is 0 Å². The van der Waals surface area contributed by atoms with Crippen LogP contribution in [0.4, 0.5) is 0 Å². The van der Waals surface area contributed by atoms with Gasteiger partial charge in [0.15, 0.2) is 5.82 Å². The minimum absolute atomic E-state index is 0.0849. The molecule has 0 aliphatic rings. The quantitative estimate of drug-likeness (QED) is 0.762. The molecule has 13 heavy (non-hydrogen) atoms. The maximum Gasteiger partial charge on any atom is 0.161 e. The van der Waals surface area contributed by atoms with Gasteiger partial charge < -0.3 is 10.7 Å². The van der Waals surface area contributed by atoms with Crippen molar-refractivity contribution in [3.63, 3.8) is 0 Å². The van der Waals surface area contributed by atoms with E-state index in [0.717, 1.165) is 16.3 Å². The molecule has 0 fully saturated rings. The van der Waals surface area contributed by atoms with E-state index in [2.05, 4.69) is 15.2 Å². The van der Waals surface area contributed by atoms with Gasteiger partial charge in [0.05, 0.1) is 0 Å². The average molecular weight is 194 g/mol. The largest absolute Gasteiger partial charge is 0.328 e. The monoisotopic (exact) mass is 194 g/mol. The van der Waals surface area contributed by atoms with Crippen LogP contribution in [0.15, 0.2) is 17.8 Å². The summed E-state index contributed by atoms with van der Waals surface area (Å²) in [6.07, 6.45) is 1.57. The molecule has 2 aromatic rings. The van der Waals surface area contributed by atoms with Crippen LogP contribution in [0, 0.1) is 0 Å². The lowest BCUT2D eigenvalue weighted by molar-refractivity contribution is 0.838. The summed E-state index contributed by atoms with van der Waals surface area (Å²) in [7, 11) is 0. The molecule has 0 amide bonds. The molecule has 3 N–H and O–H groups in total. The third-order valence-electron chi connectivity index (χ3n) is 1.76. The van der Waals surface area contributed by atoms with Crippen LogP contribution < -0.4 is 5.73 Å². The molecule has 0 aromatic carbocycles. The number of nitrogens with zero attached hydrogens (tertiary/aromatic N) is 2. The van der Waals surface area contributed by atoms with Crippen molar-refractivity contribution < 1.29 is 0 Å². The van der Waals surface area contributed by atoms with Gasteiger partial charge in [0.2, 0.25) is 0 Å². The molecule has 2 heterocycles. The maximum absolute atomic E-state index is 5.74. The van der Waals surface area contributed by atoms with Crippen molar-refractivity contribution >= 4 is 11.3 Å². The zero-order valence-corrected chi connectivity index (χ0v) is 8.01. The summed E-state index contributed by atoms with van der Waals surface area (Å²) in [6, 6.07) is 2.12. The first-order chi connectivity index (χ1) is 6.27. The summed E-state index contributed by atoms with van der Waals surface area (Å²) in [4.78, 5) is 4.11. The van der Waals surface area contributed by atoms with E-state index in [4.69, 9.17) is 5.73 Å². The predicted molar refractivity (Wildman–Crippen MR) is 52.3 cm³/mol. The normalized spacial score (nSPS) is 13.1. The van der Waals surface area contributed by atoms with E-state index in [1.807, 2.05) is 18.4 Å². The first-order valence-electron chi connectivity index (χ1n) is 3.98. The molecular weight excluding hydrogens is 184 g/mol. The Morgan fingerprint density at radius 3 is 3.00 bits per heavy atom. The second-order valence-electron chi connectivity index (χ2n) is 2.86. The van der Waals surface area contributed by atoms with E-state index in [0.29, 0.717) is 0 Å². The van der Waals surface area contributed by atoms with E-state index in [9.17, 15) is 0 Å². The highest BCUT2D eigenvalue weighted by Crippen LogP contribution is 2.25. The molecule has 0 bridgehead atoms. The molecule has 0 aliphatic heterocycles. The van der Waals surface area contributed by atoms with Crippen molar-refractivity contribution in [1.82, 2.24) is 15.2 Å². The Labute approximate surface area is 79.8 Å². The number of thiophene rings is 1. The number of aromatic amines is 1. The molecule has 5 heteroatoms. The van der Waals surface area contributed by atoms with Crippen molar-refractivity contribution in [2.75, 3.05) is 0 Å². The molecule has 2 rings (SSSR count). The predicted octanol–water partition coefficient (Wildman–Crippen LogP) is 1.55. The van der Waals surface area contributed by atoms with E-state index >= 15 is 0 Å². The molecular formula is C8H10N4S. The van der Waals surface area contributed by atoms with Gasteiger partial charge in [-0.3, -0.25) is 0 Å². The van der Waals surface area contributed by atoms with Crippen LogP contribution in [0.2, 0.25) is 0 Å². The zero-order valence-electron chi connectivity index (χ0n) is 7.19. The highest BCUT2D eigenvalue weighted by atomic mass is 32.1. The Balaban J connectivity index is 2.33. The van der Waals surface area contributed by atoms with Crippen LogP contribution in [0.25, 0.3) is 11.4 Å². The first kappa shape index (κ1) is 8.40. The van der Waals surface area contributed by atoms with Gasteiger partial charge >= 0.3 is 0 Å². The van der Waals surface area contributed by atoms with Gasteiger partial charge in [-0.25, -0.2) is 0 Å². The summed E-state index contributed by atoms with van der Waals surface area (Å²) in [5, 5.41) is 9.67. The van der Waals surface area contributed by atoms with Gasteiger partial charge in [-0.2, -0.15) is 0 Å². The van der Waals surface area contributed by atoms with Crippen LogP contribution in [-0.4, -0.2) is 15.2 Å². The molecule has 1 atom stereocenters. The summed E-state index contributed by atoms with van der Waals surface area (Å²) in [5.41, 5.74) is 6.80. The van der Waals surface area contributed by atoms with E-state index in [-0.39, 0.29) is 6.04 Å². The zero-order chi connectivity index (χ0) is 9.26. The Kier molecular flexibility index (Phi) is 2.12. The topological polar surface area (TPSA) is 67.6 Å². The van der Waals surface area contributed by atoms with Crippen molar-refractivity contribution in [2.24, 2.45) is 5.73 Å². The number of nitrogens with one attached hydrogen (secondary N) is 1. The van der Waals surface area contributed by atoms with E-state index in [1.54, 1.807) is 17.7 Å². The van der Waals surface area contributed by atoms with Crippen LogP contribution in [-0.2, 0) is 0 Å². The molecule has 0 saturated heterocycles. The van der Waals surface area contributed by atoms with Gasteiger partial charge in [0.1, 0.15) is 6.33 Å². The molecule has 0 spiro atoms. The van der Waals surface area contributed by atoms with Crippen molar-refractivity contribution in [1.29, 1.82) is 0 Å². The Morgan fingerprint density at radius 1 is 1.62 bits per heavy atom. The van der Waals surface area contributed by atoms with Crippen molar-refractivity contribution in [2.45, 2.75) is 13.0 Å². The van der Waals surface area contributed by atoms with Gasteiger partial charge in [-0.1, -0.05) is 0 Å². The highest BCUT2D eigenvalue weighted by molar-refractivity contribution is 7.10. The number of H-pyrrole nitrogens is 1. The van der Waals surface area contributed by atoms with E-state index < -0.39 is 0 Å². The van der Waals surface area contributed by atoms with Crippen LogP contribution in [0.3, 0.4) is 0 Å². The number of hydrogen-bond donors (Lipinski definition) is 2.